The first kappa shape index (κ1) is 10.6. The molecule has 0 radical (unpaired) electrons. The molecule has 1 aromatic carbocycles. The minimum atomic E-state index is -2.87. The van der Waals surface area contributed by atoms with Gasteiger partial charge in [0.15, 0.2) is 9.84 Å². The monoisotopic (exact) mass is 225 g/mol. The molecule has 1 N–H and O–H groups in total. The maximum Gasteiger partial charge on any atom is 0.152 e. The van der Waals surface area contributed by atoms with E-state index in [9.17, 15) is 8.42 Å². The molecule has 4 heteroatoms. The van der Waals surface area contributed by atoms with Gasteiger partial charge in [-0.05, 0) is 12.6 Å². The summed E-state index contributed by atoms with van der Waals surface area (Å²) in [5.74, 6) is 0.618. The first-order valence-electron chi connectivity index (χ1n) is 5.05. The Morgan fingerprint density at radius 2 is 1.87 bits per heavy atom. The van der Waals surface area contributed by atoms with Crippen LogP contribution in [0, 0.1) is 0 Å². The molecule has 1 aliphatic rings. The Hall–Kier alpha value is -0.870. The summed E-state index contributed by atoms with van der Waals surface area (Å²) >= 11 is 0. The van der Waals surface area contributed by atoms with Crippen LogP contribution in [-0.2, 0) is 9.84 Å². The third-order valence-corrected chi connectivity index (χ3v) is 4.69. The van der Waals surface area contributed by atoms with Crippen molar-refractivity contribution in [3.05, 3.63) is 35.9 Å². The van der Waals surface area contributed by atoms with E-state index in [2.05, 4.69) is 5.32 Å². The van der Waals surface area contributed by atoms with Gasteiger partial charge in [-0.2, -0.15) is 0 Å². The van der Waals surface area contributed by atoms with E-state index >= 15 is 0 Å². The van der Waals surface area contributed by atoms with Crippen molar-refractivity contribution in [1.82, 2.24) is 5.32 Å². The number of hydrogen-bond acceptors (Lipinski definition) is 3. The lowest BCUT2D eigenvalue weighted by molar-refractivity contribution is 0.555. The van der Waals surface area contributed by atoms with Gasteiger partial charge in [-0.15, -0.1) is 0 Å². The van der Waals surface area contributed by atoms with Crippen LogP contribution in [0.15, 0.2) is 30.3 Å². The summed E-state index contributed by atoms with van der Waals surface area (Å²) in [6, 6.07) is 9.89. The van der Waals surface area contributed by atoms with E-state index in [-0.39, 0.29) is 23.5 Å². The molecule has 15 heavy (non-hydrogen) atoms. The lowest BCUT2D eigenvalue weighted by atomic mass is 9.95. The average Bonchev–Trinajstić information content (AvgIpc) is 2.55. The van der Waals surface area contributed by atoms with Crippen molar-refractivity contribution in [2.45, 2.75) is 12.0 Å². The molecule has 0 unspecified atom stereocenters. The standard InChI is InChI=1S/C11H15NO2S/c1-12-11-8-15(13,14)7-10(11)9-5-3-2-4-6-9/h2-6,10-12H,7-8H2,1H3/t10-,11+/m1/s1. The van der Waals surface area contributed by atoms with E-state index in [1.165, 1.54) is 0 Å². The molecule has 0 bridgehead atoms. The summed E-state index contributed by atoms with van der Waals surface area (Å²) < 4.78 is 23.1. The van der Waals surface area contributed by atoms with Crippen LogP contribution >= 0.6 is 0 Å². The molecular formula is C11H15NO2S. The second-order valence-electron chi connectivity index (χ2n) is 3.99. The zero-order chi connectivity index (χ0) is 10.9. The summed E-state index contributed by atoms with van der Waals surface area (Å²) in [4.78, 5) is 0. The second kappa shape index (κ2) is 3.94. The van der Waals surface area contributed by atoms with Crippen LogP contribution in [0.25, 0.3) is 0 Å². The summed E-state index contributed by atoms with van der Waals surface area (Å²) in [6.45, 7) is 0. The second-order valence-corrected chi connectivity index (χ2v) is 6.14. The topological polar surface area (TPSA) is 46.2 Å². The molecule has 0 spiro atoms. The highest BCUT2D eigenvalue weighted by Crippen LogP contribution is 2.28. The van der Waals surface area contributed by atoms with Crippen molar-refractivity contribution in [1.29, 1.82) is 0 Å². The lowest BCUT2D eigenvalue weighted by Gasteiger charge is -2.17. The van der Waals surface area contributed by atoms with Gasteiger partial charge in [0.25, 0.3) is 0 Å². The summed E-state index contributed by atoms with van der Waals surface area (Å²) in [5.41, 5.74) is 1.11. The van der Waals surface area contributed by atoms with Gasteiger partial charge in [-0.1, -0.05) is 30.3 Å². The van der Waals surface area contributed by atoms with Gasteiger partial charge in [-0.25, -0.2) is 8.42 Å². The Bertz CT molecular complexity index is 427. The van der Waals surface area contributed by atoms with E-state index < -0.39 is 9.84 Å². The Kier molecular flexibility index (Phi) is 2.80. The Morgan fingerprint density at radius 1 is 1.20 bits per heavy atom. The normalized spacial score (nSPS) is 29.1. The van der Waals surface area contributed by atoms with Crippen LogP contribution in [0.5, 0.6) is 0 Å². The summed E-state index contributed by atoms with van der Waals surface area (Å²) in [7, 11) is -1.05. The van der Waals surface area contributed by atoms with E-state index in [0.29, 0.717) is 0 Å². The summed E-state index contributed by atoms with van der Waals surface area (Å²) in [6.07, 6.45) is 0. The van der Waals surface area contributed by atoms with Gasteiger partial charge in [0.1, 0.15) is 0 Å². The molecule has 1 saturated heterocycles. The van der Waals surface area contributed by atoms with Crippen molar-refractivity contribution in [2.75, 3.05) is 18.6 Å². The van der Waals surface area contributed by atoms with Crippen LogP contribution in [0.1, 0.15) is 11.5 Å². The third-order valence-electron chi connectivity index (χ3n) is 2.95. The largest absolute Gasteiger partial charge is 0.315 e. The highest BCUT2D eigenvalue weighted by Gasteiger charge is 2.37. The van der Waals surface area contributed by atoms with E-state index in [0.717, 1.165) is 5.56 Å². The van der Waals surface area contributed by atoms with Crippen molar-refractivity contribution in [2.24, 2.45) is 0 Å². The zero-order valence-corrected chi connectivity index (χ0v) is 9.50. The average molecular weight is 225 g/mol. The zero-order valence-electron chi connectivity index (χ0n) is 8.68. The summed E-state index contributed by atoms with van der Waals surface area (Å²) in [5, 5.41) is 3.09. The Morgan fingerprint density at radius 3 is 2.47 bits per heavy atom. The smallest absolute Gasteiger partial charge is 0.152 e. The number of sulfone groups is 1. The van der Waals surface area contributed by atoms with E-state index in [1.807, 2.05) is 37.4 Å². The fourth-order valence-electron chi connectivity index (χ4n) is 2.16. The molecule has 0 aliphatic carbocycles. The molecule has 3 nitrogen and oxygen atoms in total. The number of hydrogen-bond donors (Lipinski definition) is 1. The first-order chi connectivity index (χ1) is 7.12. The van der Waals surface area contributed by atoms with Crippen molar-refractivity contribution < 1.29 is 8.42 Å². The van der Waals surface area contributed by atoms with Crippen LogP contribution in [0.4, 0.5) is 0 Å². The molecule has 1 aromatic rings. The lowest BCUT2D eigenvalue weighted by Crippen LogP contribution is -2.31. The van der Waals surface area contributed by atoms with Gasteiger partial charge in [0.2, 0.25) is 0 Å². The molecule has 0 saturated carbocycles. The number of nitrogens with one attached hydrogen (secondary N) is 1. The number of likely N-dealkylation sites (N-methyl/N-ethyl adjacent to an activating group) is 1. The molecular weight excluding hydrogens is 210 g/mol. The highest BCUT2D eigenvalue weighted by molar-refractivity contribution is 7.91. The van der Waals surface area contributed by atoms with Crippen LogP contribution in [0.3, 0.4) is 0 Å². The van der Waals surface area contributed by atoms with Gasteiger partial charge in [0, 0.05) is 12.0 Å². The van der Waals surface area contributed by atoms with Crippen molar-refractivity contribution in [3.63, 3.8) is 0 Å². The molecule has 1 aliphatic heterocycles. The van der Waals surface area contributed by atoms with Crippen LogP contribution in [0.2, 0.25) is 0 Å². The highest BCUT2D eigenvalue weighted by atomic mass is 32.2. The quantitative estimate of drug-likeness (QED) is 0.809. The van der Waals surface area contributed by atoms with Crippen LogP contribution < -0.4 is 5.32 Å². The predicted octanol–water partition coefficient (Wildman–Crippen LogP) is 0.787. The molecule has 2 atom stereocenters. The van der Waals surface area contributed by atoms with E-state index in [1.54, 1.807) is 0 Å². The number of rotatable bonds is 2. The molecule has 0 aromatic heterocycles. The Labute approximate surface area is 90.4 Å². The van der Waals surface area contributed by atoms with Crippen molar-refractivity contribution >= 4 is 9.84 Å². The maximum atomic E-state index is 11.5. The maximum absolute atomic E-state index is 11.5. The van der Waals surface area contributed by atoms with Crippen molar-refractivity contribution in [3.8, 4) is 0 Å². The predicted molar refractivity (Wildman–Crippen MR) is 60.7 cm³/mol. The molecule has 82 valence electrons. The fraction of sp³-hybridized carbons (Fsp3) is 0.455. The van der Waals surface area contributed by atoms with Gasteiger partial charge < -0.3 is 5.32 Å². The molecule has 0 amide bonds. The Balaban J connectivity index is 2.30. The minimum absolute atomic E-state index is 0.0531. The third kappa shape index (κ3) is 2.21. The van der Waals surface area contributed by atoms with Gasteiger partial charge >= 0.3 is 0 Å². The molecule has 1 fully saturated rings. The molecule has 2 rings (SSSR count). The first-order valence-corrected chi connectivity index (χ1v) is 6.87. The minimum Gasteiger partial charge on any atom is -0.315 e. The van der Waals surface area contributed by atoms with Crippen LogP contribution in [-0.4, -0.2) is 33.0 Å². The number of benzene rings is 1. The van der Waals surface area contributed by atoms with Gasteiger partial charge in [0.05, 0.1) is 11.5 Å². The fourth-order valence-corrected chi connectivity index (χ4v) is 4.21. The van der Waals surface area contributed by atoms with E-state index in [4.69, 9.17) is 0 Å². The SMILES string of the molecule is CN[C@H]1CS(=O)(=O)C[C@@H]1c1ccccc1. The molecule has 1 heterocycles. The van der Waals surface area contributed by atoms with Gasteiger partial charge in [-0.3, -0.25) is 0 Å².